The van der Waals surface area contributed by atoms with E-state index >= 15 is 0 Å². The monoisotopic (exact) mass is 255 g/mol. The van der Waals surface area contributed by atoms with Crippen LogP contribution in [0.25, 0.3) is 0 Å². The third-order valence-corrected chi connectivity index (χ3v) is 3.37. The van der Waals surface area contributed by atoms with Crippen LogP contribution in [-0.2, 0) is 0 Å². The summed E-state index contributed by atoms with van der Waals surface area (Å²) in [6, 6.07) is 6.86. The molecule has 0 aliphatic carbocycles. The molecule has 0 aliphatic heterocycles. The zero-order valence-corrected chi connectivity index (χ0v) is 11.7. The summed E-state index contributed by atoms with van der Waals surface area (Å²) in [4.78, 5) is 2.14. The average molecular weight is 255 g/mol. The fourth-order valence-electron chi connectivity index (χ4n) is 2.60. The molecule has 1 nitrogen and oxygen atoms in total. The lowest BCUT2D eigenvalue weighted by molar-refractivity contribution is 0.151. The molecule has 0 heterocycles. The molecule has 3 heteroatoms. The first-order chi connectivity index (χ1) is 8.45. The van der Waals surface area contributed by atoms with Gasteiger partial charge in [-0.3, -0.25) is 0 Å². The second-order valence-electron chi connectivity index (χ2n) is 5.23. The van der Waals surface area contributed by atoms with E-state index in [0.29, 0.717) is 11.8 Å². The lowest BCUT2D eigenvalue weighted by Gasteiger charge is -2.26. The van der Waals surface area contributed by atoms with Crippen molar-refractivity contribution >= 4 is 0 Å². The van der Waals surface area contributed by atoms with Crippen LogP contribution in [0.5, 0.6) is 0 Å². The Morgan fingerprint density at radius 1 is 1.17 bits per heavy atom. The smallest absolute Gasteiger partial charge is 0.263 e. The van der Waals surface area contributed by atoms with Gasteiger partial charge in [-0.15, -0.1) is 0 Å². The predicted molar refractivity (Wildman–Crippen MR) is 72.1 cm³/mol. The fourth-order valence-corrected chi connectivity index (χ4v) is 2.60. The van der Waals surface area contributed by atoms with Crippen molar-refractivity contribution in [3.63, 3.8) is 0 Å². The van der Waals surface area contributed by atoms with Gasteiger partial charge in [0.1, 0.15) is 0 Å². The number of rotatable bonds is 6. The quantitative estimate of drug-likeness (QED) is 0.732. The lowest BCUT2D eigenvalue weighted by atomic mass is 9.84. The highest BCUT2D eigenvalue weighted by molar-refractivity contribution is 5.27. The molecule has 0 spiro atoms. The van der Waals surface area contributed by atoms with Crippen molar-refractivity contribution in [2.24, 2.45) is 5.92 Å². The second-order valence-corrected chi connectivity index (χ2v) is 5.23. The predicted octanol–water partition coefficient (Wildman–Crippen LogP) is 4.32. The maximum Gasteiger partial charge on any atom is 0.263 e. The number of alkyl halides is 2. The van der Waals surface area contributed by atoms with E-state index in [0.717, 1.165) is 18.5 Å². The van der Waals surface area contributed by atoms with E-state index in [1.54, 1.807) is 12.1 Å². The molecule has 0 bridgehead atoms. The number of hydrogen-bond acceptors (Lipinski definition) is 1. The summed E-state index contributed by atoms with van der Waals surface area (Å²) < 4.78 is 25.4. The second kappa shape index (κ2) is 6.83. The van der Waals surface area contributed by atoms with Gasteiger partial charge in [-0.25, -0.2) is 8.78 Å². The van der Waals surface area contributed by atoms with Crippen LogP contribution in [0, 0.1) is 5.92 Å². The zero-order valence-electron chi connectivity index (χ0n) is 11.7. The largest absolute Gasteiger partial charge is 0.309 e. The van der Waals surface area contributed by atoms with E-state index in [2.05, 4.69) is 18.7 Å². The number of hydrogen-bond donors (Lipinski definition) is 0. The van der Waals surface area contributed by atoms with Crippen molar-refractivity contribution in [3.8, 4) is 0 Å². The number of nitrogens with zero attached hydrogens (tertiary/aromatic N) is 1. The summed E-state index contributed by atoms with van der Waals surface area (Å²) in [5.41, 5.74) is 1.16. The molecule has 18 heavy (non-hydrogen) atoms. The third kappa shape index (κ3) is 4.05. The fraction of sp³-hybridized carbons (Fsp3) is 0.600. The van der Waals surface area contributed by atoms with Crippen LogP contribution in [0.1, 0.15) is 43.7 Å². The van der Waals surface area contributed by atoms with E-state index in [9.17, 15) is 8.78 Å². The Morgan fingerprint density at radius 3 is 2.28 bits per heavy atom. The Kier molecular flexibility index (Phi) is 5.73. The number of benzene rings is 1. The average Bonchev–Trinajstić information content (AvgIpc) is 2.29. The van der Waals surface area contributed by atoms with Crippen molar-refractivity contribution in [3.05, 3.63) is 35.4 Å². The first-order valence-corrected chi connectivity index (χ1v) is 6.48. The Morgan fingerprint density at radius 2 is 1.78 bits per heavy atom. The first-order valence-electron chi connectivity index (χ1n) is 6.48. The van der Waals surface area contributed by atoms with Crippen molar-refractivity contribution in [2.75, 3.05) is 20.6 Å². The number of halogens is 2. The molecular weight excluding hydrogens is 232 g/mol. The molecule has 0 aliphatic rings. The van der Waals surface area contributed by atoms with Gasteiger partial charge in [-0.1, -0.05) is 32.0 Å². The topological polar surface area (TPSA) is 3.24 Å². The summed E-state index contributed by atoms with van der Waals surface area (Å²) in [6.45, 7) is 5.27. The maximum absolute atomic E-state index is 12.7. The molecule has 2 unspecified atom stereocenters. The molecule has 1 aromatic carbocycles. The van der Waals surface area contributed by atoms with Gasteiger partial charge in [-0.05, 0) is 44.0 Å². The minimum absolute atomic E-state index is 0.128. The van der Waals surface area contributed by atoms with E-state index in [1.165, 1.54) is 6.07 Å². The van der Waals surface area contributed by atoms with E-state index < -0.39 is 6.43 Å². The standard InChI is InChI=1S/C15H23F2N/c1-5-14(11(2)10-18(3)4)12-7-6-8-13(9-12)15(16)17/h6-9,11,14-15H,5,10H2,1-4H3. The van der Waals surface area contributed by atoms with Crippen LogP contribution in [0.2, 0.25) is 0 Å². The maximum atomic E-state index is 12.7. The Bertz CT molecular complexity index is 363. The molecule has 0 saturated carbocycles. The van der Waals surface area contributed by atoms with Crippen molar-refractivity contribution in [1.29, 1.82) is 0 Å². The third-order valence-electron chi connectivity index (χ3n) is 3.37. The summed E-state index contributed by atoms with van der Waals surface area (Å²) in [7, 11) is 4.08. The molecule has 1 rings (SSSR count). The summed E-state index contributed by atoms with van der Waals surface area (Å²) in [5, 5.41) is 0. The molecule has 0 N–H and O–H groups in total. The van der Waals surface area contributed by atoms with E-state index in [-0.39, 0.29) is 5.56 Å². The van der Waals surface area contributed by atoms with Gasteiger partial charge in [0, 0.05) is 12.1 Å². The first kappa shape index (κ1) is 15.1. The molecule has 0 amide bonds. The SMILES string of the molecule is CCC(c1cccc(C(F)F)c1)C(C)CN(C)C. The summed E-state index contributed by atoms with van der Waals surface area (Å²) >= 11 is 0. The molecule has 0 saturated heterocycles. The molecule has 1 aromatic rings. The van der Waals surface area contributed by atoms with Crippen LogP contribution in [0.3, 0.4) is 0 Å². The molecular formula is C15H23F2N. The lowest BCUT2D eigenvalue weighted by Crippen LogP contribution is -2.24. The van der Waals surface area contributed by atoms with Crippen LogP contribution in [-0.4, -0.2) is 25.5 Å². The van der Waals surface area contributed by atoms with Gasteiger partial charge in [0.25, 0.3) is 6.43 Å². The van der Waals surface area contributed by atoms with Gasteiger partial charge >= 0.3 is 0 Å². The van der Waals surface area contributed by atoms with Crippen molar-refractivity contribution in [2.45, 2.75) is 32.6 Å². The molecule has 0 aromatic heterocycles. The molecule has 0 radical (unpaired) electrons. The molecule has 0 fully saturated rings. The van der Waals surface area contributed by atoms with Crippen LogP contribution >= 0.6 is 0 Å². The summed E-state index contributed by atoms with van der Waals surface area (Å²) in [5.74, 6) is 0.795. The van der Waals surface area contributed by atoms with Gasteiger partial charge in [0.2, 0.25) is 0 Å². The zero-order chi connectivity index (χ0) is 13.7. The minimum Gasteiger partial charge on any atom is -0.309 e. The Hall–Kier alpha value is -0.960. The van der Waals surface area contributed by atoms with Gasteiger partial charge < -0.3 is 4.90 Å². The highest BCUT2D eigenvalue weighted by Crippen LogP contribution is 2.30. The van der Waals surface area contributed by atoms with Gasteiger partial charge in [0.05, 0.1) is 0 Å². The van der Waals surface area contributed by atoms with Gasteiger partial charge in [0.15, 0.2) is 0 Å². The normalized spacial score (nSPS) is 15.1. The minimum atomic E-state index is -2.38. The van der Waals surface area contributed by atoms with E-state index in [4.69, 9.17) is 0 Å². The van der Waals surface area contributed by atoms with Gasteiger partial charge in [-0.2, -0.15) is 0 Å². The summed E-state index contributed by atoms with van der Waals surface area (Å²) in [6.07, 6.45) is -1.41. The molecule has 2 atom stereocenters. The van der Waals surface area contributed by atoms with Crippen LogP contribution in [0.4, 0.5) is 8.78 Å². The van der Waals surface area contributed by atoms with Crippen LogP contribution in [0.15, 0.2) is 24.3 Å². The Labute approximate surface area is 109 Å². The van der Waals surface area contributed by atoms with Crippen molar-refractivity contribution in [1.82, 2.24) is 4.90 Å². The van der Waals surface area contributed by atoms with Crippen LogP contribution < -0.4 is 0 Å². The Balaban J connectivity index is 2.90. The van der Waals surface area contributed by atoms with Crippen molar-refractivity contribution < 1.29 is 8.78 Å². The molecule has 102 valence electrons. The highest BCUT2D eigenvalue weighted by Gasteiger charge is 2.19. The van der Waals surface area contributed by atoms with E-state index in [1.807, 2.05) is 20.2 Å². The highest BCUT2D eigenvalue weighted by atomic mass is 19.3.